The van der Waals surface area contributed by atoms with Gasteiger partial charge in [-0.05, 0) is 36.4 Å². The van der Waals surface area contributed by atoms with Crippen LogP contribution in [0.4, 0.5) is 5.69 Å². The molecule has 0 aliphatic rings. The van der Waals surface area contributed by atoms with Gasteiger partial charge in [0.1, 0.15) is 17.5 Å². The number of carbonyl (C=O) groups excluding carboxylic acids is 2. The molecule has 2 aromatic carbocycles. The van der Waals surface area contributed by atoms with Crippen LogP contribution in [0.1, 0.15) is 20.0 Å². The second-order valence-corrected chi connectivity index (χ2v) is 7.59. The van der Waals surface area contributed by atoms with E-state index < -0.39 is 0 Å². The lowest BCUT2D eigenvalue weighted by atomic mass is 10.2. The van der Waals surface area contributed by atoms with Gasteiger partial charge in [-0.1, -0.05) is 29.3 Å². The van der Waals surface area contributed by atoms with Crippen LogP contribution in [0.5, 0.6) is 0 Å². The van der Waals surface area contributed by atoms with Crippen molar-refractivity contribution in [1.29, 1.82) is 0 Å². The predicted molar refractivity (Wildman–Crippen MR) is 110 cm³/mol. The number of halogens is 2. The molecule has 0 fully saturated rings. The SMILES string of the molecule is O=C(Nn1cnnc1)c1ccc(NC(=O)c2sc3cc(Cl)ccc3c2Cl)cc1. The molecule has 2 N–H and O–H groups in total. The van der Waals surface area contributed by atoms with Crippen LogP contribution >= 0.6 is 34.5 Å². The summed E-state index contributed by atoms with van der Waals surface area (Å²) in [5.41, 5.74) is 3.55. The first-order valence-corrected chi connectivity index (χ1v) is 9.53. The third-order valence-electron chi connectivity index (χ3n) is 3.85. The maximum absolute atomic E-state index is 12.6. The van der Waals surface area contributed by atoms with Crippen molar-refractivity contribution >= 4 is 62.1 Å². The Kier molecular flexibility index (Phi) is 4.99. The topological polar surface area (TPSA) is 88.9 Å². The summed E-state index contributed by atoms with van der Waals surface area (Å²) < 4.78 is 2.18. The Labute approximate surface area is 172 Å². The zero-order chi connectivity index (χ0) is 19.7. The lowest BCUT2D eigenvalue weighted by molar-refractivity contribution is 0.100. The lowest BCUT2D eigenvalue weighted by Gasteiger charge is -2.07. The molecule has 0 saturated carbocycles. The Bertz CT molecular complexity index is 1170. The molecule has 7 nitrogen and oxygen atoms in total. The Morgan fingerprint density at radius 2 is 1.68 bits per heavy atom. The number of anilines is 1. The van der Waals surface area contributed by atoms with Crippen LogP contribution in [0.15, 0.2) is 55.1 Å². The van der Waals surface area contributed by atoms with Crippen molar-refractivity contribution in [3.05, 3.63) is 75.6 Å². The van der Waals surface area contributed by atoms with E-state index in [-0.39, 0.29) is 11.8 Å². The van der Waals surface area contributed by atoms with Gasteiger partial charge >= 0.3 is 0 Å². The van der Waals surface area contributed by atoms with E-state index in [2.05, 4.69) is 20.9 Å². The molecule has 0 aliphatic heterocycles. The fourth-order valence-corrected chi connectivity index (χ4v) is 4.21. The third-order valence-corrected chi connectivity index (χ3v) is 5.74. The van der Waals surface area contributed by atoms with Crippen molar-refractivity contribution < 1.29 is 9.59 Å². The third kappa shape index (κ3) is 3.70. The van der Waals surface area contributed by atoms with Gasteiger partial charge in [-0.3, -0.25) is 15.0 Å². The maximum Gasteiger partial charge on any atom is 0.270 e. The summed E-state index contributed by atoms with van der Waals surface area (Å²) >= 11 is 13.6. The predicted octanol–water partition coefficient (Wildman–Crippen LogP) is 4.44. The molecule has 4 rings (SSSR count). The normalized spacial score (nSPS) is 10.8. The number of rotatable bonds is 4. The highest BCUT2D eigenvalue weighted by Gasteiger charge is 2.17. The van der Waals surface area contributed by atoms with E-state index in [4.69, 9.17) is 23.2 Å². The Morgan fingerprint density at radius 3 is 2.39 bits per heavy atom. The smallest absolute Gasteiger partial charge is 0.270 e. The molecule has 2 aromatic heterocycles. The van der Waals surface area contributed by atoms with Crippen molar-refractivity contribution in [3.8, 4) is 0 Å². The van der Waals surface area contributed by atoms with Crippen molar-refractivity contribution in [3.63, 3.8) is 0 Å². The molecule has 0 spiro atoms. The Morgan fingerprint density at radius 1 is 0.964 bits per heavy atom. The van der Waals surface area contributed by atoms with Gasteiger partial charge in [0, 0.05) is 26.4 Å². The van der Waals surface area contributed by atoms with Crippen molar-refractivity contribution in [2.45, 2.75) is 0 Å². The molecule has 0 unspecified atom stereocenters. The summed E-state index contributed by atoms with van der Waals surface area (Å²) in [5.74, 6) is -0.661. The van der Waals surface area contributed by atoms with Crippen LogP contribution < -0.4 is 10.7 Å². The first-order valence-electron chi connectivity index (χ1n) is 7.96. The quantitative estimate of drug-likeness (QED) is 0.499. The molecule has 10 heteroatoms. The highest BCUT2D eigenvalue weighted by atomic mass is 35.5. The highest BCUT2D eigenvalue weighted by molar-refractivity contribution is 7.21. The summed E-state index contributed by atoms with van der Waals surface area (Å²) in [6, 6.07) is 11.8. The van der Waals surface area contributed by atoms with Crippen molar-refractivity contribution in [2.24, 2.45) is 0 Å². The average Bonchev–Trinajstić information content (AvgIpc) is 3.30. The number of carbonyl (C=O) groups is 2. The van der Waals surface area contributed by atoms with Crippen molar-refractivity contribution in [2.75, 3.05) is 10.7 Å². The molecule has 2 amide bonds. The van der Waals surface area contributed by atoms with Crippen LogP contribution in [-0.4, -0.2) is 26.7 Å². The van der Waals surface area contributed by atoms with Gasteiger partial charge in [0.2, 0.25) is 0 Å². The number of amides is 2. The number of nitrogens with zero attached hydrogens (tertiary/aromatic N) is 3. The standard InChI is InChI=1S/C18H11Cl2N5O2S/c19-11-3-6-13-14(7-11)28-16(15(13)20)18(27)23-12-4-1-10(2-5-12)17(26)24-25-8-21-22-9-25/h1-9H,(H,23,27)(H,24,26). The summed E-state index contributed by atoms with van der Waals surface area (Å²) in [6.07, 6.45) is 2.74. The fourth-order valence-electron chi connectivity index (χ4n) is 2.52. The molecule has 0 radical (unpaired) electrons. The van der Waals surface area contributed by atoms with E-state index in [0.717, 1.165) is 10.1 Å². The summed E-state index contributed by atoms with van der Waals surface area (Å²) in [5, 5.41) is 11.7. The minimum Gasteiger partial charge on any atom is -0.321 e. The maximum atomic E-state index is 12.6. The largest absolute Gasteiger partial charge is 0.321 e. The monoisotopic (exact) mass is 431 g/mol. The molecule has 2 heterocycles. The van der Waals surface area contributed by atoms with Crippen LogP contribution in [0.2, 0.25) is 10.0 Å². The molecule has 0 atom stereocenters. The summed E-state index contributed by atoms with van der Waals surface area (Å²) in [4.78, 5) is 25.1. The van der Waals surface area contributed by atoms with Crippen LogP contribution in [-0.2, 0) is 0 Å². The Balaban J connectivity index is 1.49. The van der Waals surface area contributed by atoms with Gasteiger partial charge in [0.15, 0.2) is 0 Å². The molecule has 140 valence electrons. The minimum atomic E-state index is -0.331. The number of hydrogen-bond donors (Lipinski definition) is 2. The van der Waals surface area contributed by atoms with E-state index in [1.807, 2.05) is 0 Å². The zero-order valence-electron chi connectivity index (χ0n) is 14.0. The van der Waals surface area contributed by atoms with E-state index in [1.54, 1.807) is 42.5 Å². The van der Waals surface area contributed by atoms with E-state index >= 15 is 0 Å². The Hall–Kier alpha value is -2.94. The van der Waals surface area contributed by atoms with E-state index in [1.165, 1.54) is 28.7 Å². The highest BCUT2D eigenvalue weighted by Crippen LogP contribution is 2.37. The second kappa shape index (κ2) is 7.59. The van der Waals surface area contributed by atoms with Crippen LogP contribution in [0.25, 0.3) is 10.1 Å². The molecular weight excluding hydrogens is 421 g/mol. The number of benzene rings is 2. The summed E-state index contributed by atoms with van der Waals surface area (Å²) in [6.45, 7) is 0. The van der Waals surface area contributed by atoms with Gasteiger partial charge in [0.05, 0.1) is 5.02 Å². The van der Waals surface area contributed by atoms with Gasteiger partial charge in [-0.2, -0.15) is 0 Å². The average molecular weight is 432 g/mol. The van der Waals surface area contributed by atoms with Gasteiger partial charge < -0.3 is 5.32 Å². The molecule has 4 aromatic rings. The van der Waals surface area contributed by atoms with Crippen LogP contribution in [0, 0.1) is 0 Å². The lowest BCUT2D eigenvalue weighted by Crippen LogP contribution is -2.21. The van der Waals surface area contributed by atoms with Gasteiger partial charge in [-0.15, -0.1) is 21.5 Å². The van der Waals surface area contributed by atoms with Gasteiger partial charge in [0.25, 0.3) is 11.8 Å². The summed E-state index contributed by atoms with van der Waals surface area (Å²) in [7, 11) is 0. The first kappa shape index (κ1) is 18.4. The number of thiophene rings is 1. The number of aromatic nitrogens is 3. The molecule has 28 heavy (non-hydrogen) atoms. The minimum absolute atomic E-state index is 0.330. The molecule has 0 aliphatic carbocycles. The fraction of sp³-hybridized carbons (Fsp3) is 0. The zero-order valence-corrected chi connectivity index (χ0v) is 16.3. The number of hydrogen-bond acceptors (Lipinski definition) is 5. The van der Waals surface area contributed by atoms with Gasteiger partial charge in [-0.25, -0.2) is 4.68 Å². The van der Waals surface area contributed by atoms with Crippen LogP contribution in [0.3, 0.4) is 0 Å². The molecule has 0 bridgehead atoms. The first-order chi connectivity index (χ1) is 13.5. The number of fused-ring (bicyclic) bond motifs is 1. The van der Waals surface area contributed by atoms with E-state index in [0.29, 0.717) is 26.2 Å². The number of nitrogens with one attached hydrogen (secondary N) is 2. The molecular formula is C18H11Cl2N5O2S. The second-order valence-electron chi connectivity index (χ2n) is 5.73. The van der Waals surface area contributed by atoms with Crippen molar-refractivity contribution in [1.82, 2.24) is 14.9 Å². The molecule has 0 saturated heterocycles. The van der Waals surface area contributed by atoms with E-state index in [9.17, 15) is 9.59 Å².